The Hall–Kier alpha value is -7.46. The quantitative estimate of drug-likeness (QED) is 0.0486. The molecule has 9 heteroatoms. The van der Waals surface area contributed by atoms with Crippen molar-refractivity contribution in [3.8, 4) is 65.6 Å². The second kappa shape index (κ2) is 38.3. The Morgan fingerprint density at radius 1 is 0.361 bits per heavy atom. The molecule has 0 atom stereocenters. The fourth-order valence-corrected chi connectivity index (χ4v) is 6.42. The summed E-state index contributed by atoms with van der Waals surface area (Å²) in [6, 6.07) is 23.5. The number of terminal acetylenes is 1. The standard InChI is InChI=1S/C24H32N2O.C19H22N2O.C18H20N2O.C2H2/c1-3-5-7-8-9-10-11-22-19-25-24(26-20-22)17-14-21-12-15-23(16-13-21)27-18-6-4-2;1-3-5-6-13-22-18-10-7-17(8-11-18)9-12-19-20-14-16(4-2)15-21-19;1-3-4-5-12-21-17-9-6-16(7-10-17)8-11-18-19-13-15(2)14-20-18;1-2/h12-13,15-16,19-20H,3-11,18H2,1-2H3;7-8,10-11,14-15H,3-6,13H2,1-2H3;6-7,9-10,13-14H,3-5,12H2,1-2H3;1-2H. The number of aryl methyl sites for hydroxylation is 3. The SMILES string of the molecule is C#C.CCCCCCCCc1cnc(C#Cc2ccc(OCCCC)cc2)nc1.CCCCCOc1ccc(C#Cc2ncc(C)cn2)cc1.CCCCCOc1ccc(C#Cc2ncc(CC)cn2)cc1. The number of unbranched alkanes of at least 4 members (excludes halogenated alkanes) is 10. The van der Waals surface area contributed by atoms with Crippen LogP contribution in [-0.4, -0.2) is 49.7 Å². The summed E-state index contributed by atoms with van der Waals surface area (Å²) < 4.78 is 17.0. The molecule has 0 N–H and O–H groups in total. The van der Waals surface area contributed by atoms with Gasteiger partial charge in [0.25, 0.3) is 0 Å². The zero-order valence-electron chi connectivity index (χ0n) is 43.9. The fourth-order valence-electron chi connectivity index (χ4n) is 6.42. The van der Waals surface area contributed by atoms with Gasteiger partial charge in [0.1, 0.15) is 17.2 Å². The molecule has 0 aliphatic carbocycles. The number of rotatable bonds is 22. The minimum atomic E-state index is 0.542. The number of aromatic nitrogens is 6. The molecular weight excluding hydrogens is 889 g/mol. The van der Waals surface area contributed by atoms with Crippen LogP contribution in [0.25, 0.3) is 0 Å². The van der Waals surface area contributed by atoms with E-state index in [0.29, 0.717) is 17.5 Å². The monoisotopic (exact) mass is 965 g/mol. The molecule has 72 heavy (non-hydrogen) atoms. The summed E-state index contributed by atoms with van der Waals surface area (Å²) >= 11 is 0. The molecule has 0 unspecified atom stereocenters. The summed E-state index contributed by atoms with van der Waals surface area (Å²) in [6.07, 6.45) is 38.1. The number of hydrogen-bond acceptors (Lipinski definition) is 9. The van der Waals surface area contributed by atoms with E-state index in [1.165, 1.54) is 69.8 Å². The highest BCUT2D eigenvalue weighted by molar-refractivity contribution is 5.43. The summed E-state index contributed by atoms with van der Waals surface area (Å²) in [5.74, 6) is 22.6. The predicted molar refractivity (Wildman–Crippen MR) is 295 cm³/mol. The first-order chi connectivity index (χ1) is 35.4. The molecule has 6 rings (SSSR count). The van der Waals surface area contributed by atoms with E-state index >= 15 is 0 Å². The topological polar surface area (TPSA) is 105 Å². The van der Waals surface area contributed by atoms with E-state index in [9.17, 15) is 0 Å². The highest BCUT2D eigenvalue weighted by Crippen LogP contribution is 2.15. The first kappa shape index (κ1) is 58.9. The van der Waals surface area contributed by atoms with Crippen LogP contribution in [0.2, 0.25) is 0 Å². The van der Waals surface area contributed by atoms with Gasteiger partial charge in [-0.15, -0.1) is 12.8 Å². The molecule has 0 aliphatic heterocycles. The third-order valence-corrected chi connectivity index (χ3v) is 10.7. The number of hydrogen-bond donors (Lipinski definition) is 0. The lowest BCUT2D eigenvalue weighted by molar-refractivity contribution is 0.306. The fraction of sp³-hybridized carbons (Fsp3) is 0.397. The first-order valence-electron chi connectivity index (χ1n) is 25.9. The van der Waals surface area contributed by atoms with Gasteiger partial charge in [-0.1, -0.05) is 117 Å². The van der Waals surface area contributed by atoms with Crippen molar-refractivity contribution in [3.63, 3.8) is 0 Å². The smallest absolute Gasteiger partial charge is 0.205 e. The molecule has 0 amide bonds. The third-order valence-electron chi connectivity index (χ3n) is 10.7. The van der Waals surface area contributed by atoms with Crippen LogP contribution in [0.1, 0.15) is 175 Å². The Balaban J connectivity index is 0.000000283. The van der Waals surface area contributed by atoms with Gasteiger partial charge < -0.3 is 14.2 Å². The Morgan fingerprint density at radius 3 is 1.06 bits per heavy atom. The lowest BCUT2D eigenvalue weighted by Crippen LogP contribution is -1.96. The van der Waals surface area contributed by atoms with Crippen LogP contribution >= 0.6 is 0 Å². The number of ether oxygens (including phenoxy) is 3. The van der Waals surface area contributed by atoms with Crippen LogP contribution < -0.4 is 14.2 Å². The average Bonchev–Trinajstić information content (AvgIpc) is 3.43. The Labute approximate surface area is 432 Å². The van der Waals surface area contributed by atoms with Gasteiger partial charge in [0.15, 0.2) is 0 Å². The molecule has 376 valence electrons. The van der Waals surface area contributed by atoms with E-state index in [2.05, 4.69) is 113 Å². The lowest BCUT2D eigenvalue weighted by atomic mass is 10.1. The van der Waals surface area contributed by atoms with Crippen molar-refractivity contribution in [3.05, 3.63) is 161 Å². The summed E-state index contributed by atoms with van der Waals surface area (Å²) in [6.45, 7) is 15.1. The molecule has 0 saturated heterocycles. The van der Waals surface area contributed by atoms with E-state index in [4.69, 9.17) is 14.2 Å². The van der Waals surface area contributed by atoms with Gasteiger partial charge in [0.2, 0.25) is 17.5 Å². The molecule has 0 saturated carbocycles. The maximum absolute atomic E-state index is 5.68. The summed E-state index contributed by atoms with van der Waals surface area (Å²) in [5, 5.41) is 0. The Bertz CT molecular complexity index is 2540. The van der Waals surface area contributed by atoms with Crippen LogP contribution in [0.4, 0.5) is 0 Å². The Morgan fingerprint density at radius 2 is 0.681 bits per heavy atom. The van der Waals surface area contributed by atoms with Gasteiger partial charge in [-0.25, -0.2) is 29.9 Å². The van der Waals surface area contributed by atoms with Crippen LogP contribution in [0.3, 0.4) is 0 Å². The van der Waals surface area contributed by atoms with Gasteiger partial charge in [0.05, 0.1) is 19.8 Å². The van der Waals surface area contributed by atoms with Crippen molar-refractivity contribution in [2.45, 2.75) is 144 Å². The van der Waals surface area contributed by atoms with Crippen LogP contribution in [-0.2, 0) is 12.8 Å². The van der Waals surface area contributed by atoms with Gasteiger partial charge in [-0.3, -0.25) is 0 Å². The predicted octanol–water partition coefficient (Wildman–Crippen LogP) is 14.0. The molecular formula is C63H76N6O3. The molecule has 3 heterocycles. The van der Waals surface area contributed by atoms with E-state index in [1.807, 2.05) is 105 Å². The van der Waals surface area contributed by atoms with Gasteiger partial charge in [-0.2, -0.15) is 0 Å². The molecule has 0 aliphatic rings. The maximum atomic E-state index is 5.68. The Kier molecular flexibility index (Phi) is 31.3. The van der Waals surface area contributed by atoms with Crippen LogP contribution in [0.5, 0.6) is 17.2 Å². The molecule has 0 bridgehead atoms. The van der Waals surface area contributed by atoms with Gasteiger partial charge in [-0.05, 0) is 153 Å². The van der Waals surface area contributed by atoms with Gasteiger partial charge in [0, 0.05) is 53.9 Å². The largest absolute Gasteiger partial charge is 0.494 e. The average molecular weight is 965 g/mol. The summed E-state index contributed by atoms with van der Waals surface area (Å²) in [5.41, 5.74) is 6.16. The summed E-state index contributed by atoms with van der Waals surface area (Å²) in [4.78, 5) is 25.5. The van der Waals surface area contributed by atoms with Gasteiger partial charge >= 0.3 is 0 Å². The molecule has 0 radical (unpaired) electrons. The normalized spacial score (nSPS) is 9.78. The molecule has 3 aromatic carbocycles. The summed E-state index contributed by atoms with van der Waals surface area (Å²) in [7, 11) is 0. The third kappa shape index (κ3) is 26.5. The number of nitrogens with zero attached hydrogens (tertiary/aromatic N) is 6. The van der Waals surface area contributed by atoms with E-state index in [0.717, 1.165) is 103 Å². The van der Waals surface area contributed by atoms with E-state index in [1.54, 1.807) is 12.4 Å². The zero-order chi connectivity index (χ0) is 51.7. The second-order valence-electron chi connectivity index (χ2n) is 16.9. The van der Waals surface area contributed by atoms with Crippen molar-refractivity contribution in [1.29, 1.82) is 0 Å². The van der Waals surface area contributed by atoms with E-state index in [-0.39, 0.29) is 0 Å². The minimum Gasteiger partial charge on any atom is -0.494 e. The maximum Gasteiger partial charge on any atom is 0.205 e. The van der Waals surface area contributed by atoms with Crippen molar-refractivity contribution < 1.29 is 14.2 Å². The molecule has 3 aromatic heterocycles. The van der Waals surface area contributed by atoms with E-state index < -0.39 is 0 Å². The molecule has 9 nitrogen and oxygen atoms in total. The minimum absolute atomic E-state index is 0.542. The highest BCUT2D eigenvalue weighted by Gasteiger charge is 2.00. The van der Waals surface area contributed by atoms with Crippen molar-refractivity contribution in [2.24, 2.45) is 0 Å². The van der Waals surface area contributed by atoms with Crippen molar-refractivity contribution in [2.75, 3.05) is 19.8 Å². The van der Waals surface area contributed by atoms with Crippen LogP contribution in [0, 0.1) is 55.3 Å². The molecule has 0 fully saturated rings. The molecule has 6 aromatic rings. The second-order valence-corrected chi connectivity index (χ2v) is 16.9. The molecule has 0 spiro atoms. The van der Waals surface area contributed by atoms with Crippen LogP contribution in [0.15, 0.2) is 110 Å². The highest BCUT2D eigenvalue weighted by atomic mass is 16.5. The van der Waals surface area contributed by atoms with Crippen molar-refractivity contribution >= 4 is 0 Å². The lowest BCUT2D eigenvalue weighted by Gasteiger charge is -2.05. The first-order valence-corrected chi connectivity index (χ1v) is 25.9. The van der Waals surface area contributed by atoms with Crippen molar-refractivity contribution in [1.82, 2.24) is 29.9 Å². The number of benzene rings is 3. The zero-order valence-corrected chi connectivity index (χ0v) is 43.9.